The van der Waals surface area contributed by atoms with Gasteiger partial charge in [0, 0.05) is 36.9 Å². The molecule has 3 aliphatic heterocycles. The highest BCUT2D eigenvalue weighted by Gasteiger charge is 2.44. The molecule has 8 heteroatoms. The second-order valence-corrected chi connectivity index (χ2v) is 13.0. The first kappa shape index (κ1) is 27.5. The maximum atomic E-state index is 14.8. The van der Waals surface area contributed by atoms with Crippen LogP contribution >= 0.6 is 0 Å². The number of rotatable bonds is 8. The SMILES string of the molecule is COc1cc(C(=O)N(Cc2ccc3ccccc3n2)C(CC2C3CCC2CNC3)[C@@H]2CCCN2)cc2c1OC(C)(C)O2. The standard InChI is InChI=1S/C34H42N4O4/c1-34(2)41-31-16-24(15-30(40-3)32(31)42-34)33(39)38(20-25-13-12-21-7-4-5-8-27(21)37-25)29(28-9-6-14-36-28)17-26-22-10-11-23(26)19-35-18-22/h4-5,7-8,12-13,15-16,22-23,26,28-29,35-36H,6,9-11,14,17-20H2,1-3H3/t22?,23?,26?,28-,29?/m0/s1. The predicted octanol–water partition coefficient (Wildman–Crippen LogP) is 5.15. The minimum atomic E-state index is -0.823. The fourth-order valence-electron chi connectivity index (χ4n) is 7.85. The molecular weight excluding hydrogens is 528 g/mol. The van der Waals surface area contributed by atoms with Gasteiger partial charge in [0.05, 0.1) is 24.9 Å². The molecule has 4 heterocycles. The summed E-state index contributed by atoms with van der Waals surface area (Å²) in [5.74, 6) is 2.71. The summed E-state index contributed by atoms with van der Waals surface area (Å²) in [5, 5.41) is 8.53. The van der Waals surface area contributed by atoms with Crippen LogP contribution in [0.5, 0.6) is 17.2 Å². The Morgan fingerprint density at radius 2 is 1.90 bits per heavy atom. The normalized spacial score (nSPS) is 26.4. The molecule has 4 atom stereocenters. The van der Waals surface area contributed by atoms with Gasteiger partial charge in [-0.3, -0.25) is 9.78 Å². The third-order valence-corrected chi connectivity index (χ3v) is 9.85. The topological polar surface area (TPSA) is 85.0 Å². The number of ether oxygens (including phenoxy) is 3. The van der Waals surface area contributed by atoms with Gasteiger partial charge in [0.25, 0.3) is 5.91 Å². The lowest BCUT2D eigenvalue weighted by Crippen LogP contribution is -2.52. The molecule has 2 N–H and O–H groups in total. The molecule has 7 rings (SSSR count). The highest BCUT2D eigenvalue weighted by Crippen LogP contribution is 2.47. The molecule has 2 saturated heterocycles. The van der Waals surface area contributed by atoms with E-state index in [1.54, 1.807) is 13.2 Å². The predicted molar refractivity (Wildman–Crippen MR) is 162 cm³/mol. The smallest absolute Gasteiger partial charge is 0.254 e. The van der Waals surface area contributed by atoms with Crippen molar-refractivity contribution in [2.45, 2.75) is 70.4 Å². The Hall–Kier alpha value is -3.36. The molecular formula is C34H42N4O4. The molecule has 3 aromatic rings. The molecule has 1 saturated carbocycles. The zero-order valence-corrected chi connectivity index (χ0v) is 24.9. The first-order valence-corrected chi connectivity index (χ1v) is 15.6. The Morgan fingerprint density at radius 1 is 1.10 bits per heavy atom. The van der Waals surface area contributed by atoms with Crippen LogP contribution in [0.15, 0.2) is 48.5 Å². The highest BCUT2D eigenvalue weighted by atomic mass is 16.7. The number of nitrogens with zero attached hydrogens (tertiary/aromatic N) is 2. The number of nitrogens with one attached hydrogen (secondary N) is 2. The molecule has 1 aliphatic carbocycles. The van der Waals surface area contributed by atoms with E-state index in [-0.39, 0.29) is 18.0 Å². The van der Waals surface area contributed by atoms with Crippen molar-refractivity contribution in [3.8, 4) is 17.2 Å². The average Bonchev–Trinajstić information content (AvgIpc) is 3.68. The van der Waals surface area contributed by atoms with E-state index in [1.165, 1.54) is 12.8 Å². The van der Waals surface area contributed by atoms with E-state index in [0.717, 1.165) is 55.5 Å². The number of methoxy groups -OCH3 is 1. The molecule has 2 aromatic carbocycles. The minimum absolute atomic E-state index is 0.0284. The molecule has 0 spiro atoms. The Balaban J connectivity index is 1.28. The molecule has 2 bridgehead atoms. The van der Waals surface area contributed by atoms with Crippen LogP contribution in [0, 0.1) is 17.8 Å². The van der Waals surface area contributed by atoms with Crippen LogP contribution in [0.1, 0.15) is 62.0 Å². The Labute approximate surface area is 248 Å². The average molecular weight is 571 g/mol. The van der Waals surface area contributed by atoms with Crippen molar-refractivity contribution in [3.05, 3.63) is 59.8 Å². The van der Waals surface area contributed by atoms with Crippen molar-refractivity contribution in [2.75, 3.05) is 26.7 Å². The zero-order valence-electron chi connectivity index (χ0n) is 24.9. The van der Waals surface area contributed by atoms with Gasteiger partial charge in [0.2, 0.25) is 11.5 Å². The summed E-state index contributed by atoms with van der Waals surface area (Å²) in [6.07, 6.45) is 5.76. The summed E-state index contributed by atoms with van der Waals surface area (Å²) in [6.45, 7) is 7.32. The number of aromatic nitrogens is 1. The number of hydrogen-bond donors (Lipinski definition) is 2. The third-order valence-electron chi connectivity index (χ3n) is 9.85. The van der Waals surface area contributed by atoms with Crippen LogP contribution in [0.4, 0.5) is 0 Å². The van der Waals surface area contributed by atoms with Crippen molar-refractivity contribution < 1.29 is 19.0 Å². The Morgan fingerprint density at radius 3 is 2.67 bits per heavy atom. The molecule has 42 heavy (non-hydrogen) atoms. The highest BCUT2D eigenvalue weighted by molar-refractivity contribution is 5.96. The molecule has 1 aromatic heterocycles. The van der Waals surface area contributed by atoms with E-state index in [4.69, 9.17) is 19.2 Å². The maximum absolute atomic E-state index is 14.8. The molecule has 4 aliphatic rings. The van der Waals surface area contributed by atoms with E-state index in [9.17, 15) is 4.79 Å². The summed E-state index contributed by atoms with van der Waals surface area (Å²) >= 11 is 0. The lowest BCUT2D eigenvalue weighted by atomic mass is 9.79. The summed E-state index contributed by atoms with van der Waals surface area (Å²) in [7, 11) is 1.60. The number of carbonyl (C=O) groups excluding carboxylic acids is 1. The second-order valence-electron chi connectivity index (χ2n) is 13.0. The zero-order chi connectivity index (χ0) is 28.8. The molecule has 0 radical (unpaired) electrons. The Bertz CT molecular complexity index is 1450. The van der Waals surface area contributed by atoms with Gasteiger partial charge in [0.1, 0.15) is 0 Å². The first-order valence-electron chi connectivity index (χ1n) is 15.6. The van der Waals surface area contributed by atoms with Gasteiger partial charge in [-0.05, 0) is 93.8 Å². The van der Waals surface area contributed by atoms with Gasteiger partial charge in [0.15, 0.2) is 11.5 Å². The quantitative estimate of drug-likeness (QED) is 0.388. The van der Waals surface area contributed by atoms with Gasteiger partial charge >= 0.3 is 0 Å². The van der Waals surface area contributed by atoms with E-state index >= 15 is 0 Å². The van der Waals surface area contributed by atoms with Gasteiger partial charge in [-0.2, -0.15) is 0 Å². The largest absolute Gasteiger partial charge is 0.493 e. The van der Waals surface area contributed by atoms with Crippen molar-refractivity contribution in [2.24, 2.45) is 17.8 Å². The monoisotopic (exact) mass is 570 g/mol. The van der Waals surface area contributed by atoms with Gasteiger partial charge in [-0.25, -0.2) is 0 Å². The van der Waals surface area contributed by atoms with Crippen LogP contribution in [0.3, 0.4) is 0 Å². The van der Waals surface area contributed by atoms with E-state index < -0.39 is 5.79 Å². The first-order chi connectivity index (χ1) is 20.4. The summed E-state index contributed by atoms with van der Waals surface area (Å²) < 4.78 is 17.8. The van der Waals surface area contributed by atoms with E-state index in [1.807, 2.05) is 38.1 Å². The lowest BCUT2D eigenvalue weighted by molar-refractivity contribution is -0.0439. The summed E-state index contributed by atoms with van der Waals surface area (Å²) in [4.78, 5) is 21.9. The van der Waals surface area contributed by atoms with E-state index in [0.29, 0.717) is 47.1 Å². The Kier molecular flexibility index (Phi) is 7.22. The van der Waals surface area contributed by atoms with Crippen LogP contribution < -0.4 is 24.8 Å². The molecule has 1 amide bonds. The number of benzene rings is 2. The summed E-state index contributed by atoms with van der Waals surface area (Å²) in [5.41, 5.74) is 2.39. The molecule has 3 unspecified atom stereocenters. The lowest BCUT2D eigenvalue weighted by Gasteiger charge is -2.41. The number of pyridine rings is 1. The van der Waals surface area contributed by atoms with Crippen LogP contribution in [0.25, 0.3) is 10.9 Å². The van der Waals surface area contributed by atoms with Crippen molar-refractivity contribution in [1.29, 1.82) is 0 Å². The van der Waals surface area contributed by atoms with E-state index in [2.05, 4.69) is 33.7 Å². The molecule has 222 valence electrons. The second kappa shape index (κ2) is 11.0. The molecule has 3 fully saturated rings. The van der Waals surface area contributed by atoms with Crippen LogP contribution in [0.2, 0.25) is 0 Å². The fraction of sp³-hybridized carbons (Fsp3) is 0.529. The number of piperidine rings is 1. The minimum Gasteiger partial charge on any atom is -0.493 e. The number of fused-ring (bicyclic) bond motifs is 4. The fourth-order valence-corrected chi connectivity index (χ4v) is 7.85. The van der Waals surface area contributed by atoms with Gasteiger partial charge in [-0.1, -0.05) is 24.3 Å². The maximum Gasteiger partial charge on any atom is 0.254 e. The van der Waals surface area contributed by atoms with Crippen molar-refractivity contribution in [1.82, 2.24) is 20.5 Å². The number of carbonyl (C=O) groups is 1. The van der Waals surface area contributed by atoms with Crippen LogP contribution in [-0.2, 0) is 6.54 Å². The van der Waals surface area contributed by atoms with Crippen molar-refractivity contribution >= 4 is 16.8 Å². The number of hydrogen-bond acceptors (Lipinski definition) is 7. The van der Waals surface area contributed by atoms with Gasteiger partial charge in [-0.15, -0.1) is 0 Å². The number of para-hydroxylation sites is 1. The third kappa shape index (κ3) is 5.20. The summed E-state index contributed by atoms with van der Waals surface area (Å²) in [6, 6.07) is 16.3. The van der Waals surface area contributed by atoms with Crippen molar-refractivity contribution in [3.63, 3.8) is 0 Å². The number of amides is 1. The molecule has 8 nitrogen and oxygen atoms in total. The van der Waals surface area contributed by atoms with Gasteiger partial charge < -0.3 is 29.7 Å². The van der Waals surface area contributed by atoms with Crippen LogP contribution in [-0.4, -0.2) is 60.4 Å².